The Morgan fingerprint density at radius 1 is 1.24 bits per heavy atom. The molecule has 0 fully saturated rings. The highest BCUT2D eigenvalue weighted by Gasteiger charge is 2.17. The van der Waals surface area contributed by atoms with E-state index in [0.29, 0.717) is 61.2 Å². The molecule has 25 heavy (non-hydrogen) atoms. The quantitative estimate of drug-likeness (QED) is 0.826. The third-order valence-electron chi connectivity index (χ3n) is 3.93. The zero-order chi connectivity index (χ0) is 17.8. The van der Waals surface area contributed by atoms with Gasteiger partial charge in [0.05, 0.1) is 10.7 Å². The third-order valence-corrected chi connectivity index (χ3v) is 4.51. The number of benzene rings is 1. The second-order valence-electron chi connectivity index (χ2n) is 5.72. The molecule has 1 aromatic heterocycles. The molecule has 8 heteroatoms. The van der Waals surface area contributed by atoms with Crippen LogP contribution in [0.25, 0.3) is 0 Å². The van der Waals surface area contributed by atoms with Gasteiger partial charge in [0.2, 0.25) is 11.1 Å². The smallest absolute Gasteiger partial charge is 0.229 e. The number of carbonyl (C=O) groups excluding carboxylic acids is 1. The van der Waals surface area contributed by atoms with Gasteiger partial charge in [-0.25, -0.2) is 0 Å². The van der Waals surface area contributed by atoms with E-state index in [-0.39, 0.29) is 11.1 Å². The Hall–Kier alpha value is -1.92. The lowest BCUT2D eigenvalue weighted by molar-refractivity contribution is -0.121. The molecule has 0 saturated carbocycles. The number of hydrogen-bond acceptors (Lipinski definition) is 5. The first-order valence-corrected chi connectivity index (χ1v) is 8.75. The number of aromatic nitrogens is 1. The van der Waals surface area contributed by atoms with Gasteiger partial charge in [-0.05, 0) is 49.1 Å². The first-order chi connectivity index (χ1) is 12.0. The summed E-state index contributed by atoms with van der Waals surface area (Å²) in [6, 6.07) is 3.73. The molecule has 0 saturated heterocycles. The minimum absolute atomic E-state index is 0.0553. The topological polar surface area (TPSA) is 73.6 Å². The number of rotatable bonds is 6. The van der Waals surface area contributed by atoms with Gasteiger partial charge in [-0.3, -0.25) is 4.79 Å². The summed E-state index contributed by atoms with van der Waals surface area (Å²) < 4.78 is 15.9. The summed E-state index contributed by atoms with van der Waals surface area (Å²) >= 11 is 12.1. The third kappa shape index (κ3) is 4.38. The molecule has 2 heterocycles. The van der Waals surface area contributed by atoms with E-state index in [9.17, 15) is 4.79 Å². The van der Waals surface area contributed by atoms with Gasteiger partial charge in [0.1, 0.15) is 13.2 Å². The number of amides is 1. The normalized spacial score (nSPS) is 12.9. The van der Waals surface area contributed by atoms with Gasteiger partial charge in [0, 0.05) is 18.5 Å². The maximum absolute atomic E-state index is 12.0. The second-order valence-corrected chi connectivity index (χ2v) is 6.47. The fourth-order valence-corrected chi connectivity index (χ4v) is 3.18. The molecule has 0 radical (unpaired) electrons. The SMILES string of the molecule is Cc1noc(Cl)c1CCC(=O)NCCc1cc(Cl)c2c(c1)OCCO2. The van der Waals surface area contributed by atoms with Crippen LogP contribution < -0.4 is 14.8 Å². The molecule has 1 aliphatic heterocycles. The maximum Gasteiger partial charge on any atom is 0.229 e. The number of fused-ring (bicyclic) bond motifs is 1. The second kappa shape index (κ2) is 7.97. The lowest BCUT2D eigenvalue weighted by Gasteiger charge is -2.20. The van der Waals surface area contributed by atoms with Gasteiger partial charge < -0.3 is 19.3 Å². The van der Waals surface area contributed by atoms with Gasteiger partial charge in [-0.1, -0.05) is 16.8 Å². The van der Waals surface area contributed by atoms with Crippen LogP contribution in [-0.2, 0) is 17.6 Å². The van der Waals surface area contributed by atoms with Crippen molar-refractivity contribution in [2.24, 2.45) is 0 Å². The van der Waals surface area contributed by atoms with Crippen molar-refractivity contribution in [3.05, 3.63) is 39.2 Å². The summed E-state index contributed by atoms with van der Waals surface area (Å²) in [7, 11) is 0. The predicted molar refractivity (Wildman–Crippen MR) is 93.7 cm³/mol. The summed E-state index contributed by atoms with van der Waals surface area (Å²) in [4.78, 5) is 12.0. The van der Waals surface area contributed by atoms with E-state index >= 15 is 0 Å². The molecule has 6 nitrogen and oxygen atoms in total. The molecule has 2 aromatic rings. The van der Waals surface area contributed by atoms with Crippen LogP contribution in [0, 0.1) is 6.92 Å². The largest absolute Gasteiger partial charge is 0.486 e. The van der Waals surface area contributed by atoms with E-state index in [2.05, 4.69) is 10.5 Å². The first-order valence-electron chi connectivity index (χ1n) is 8.00. The Labute approximate surface area is 155 Å². The Balaban J connectivity index is 1.48. The van der Waals surface area contributed by atoms with Crippen LogP contribution >= 0.6 is 23.2 Å². The molecular formula is C17H18Cl2N2O4. The average molecular weight is 385 g/mol. The summed E-state index contributed by atoms with van der Waals surface area (Å²) in [5.74, 6) is 1.18. The van der Waals surface area contributed by atoms with Crippen LogP contribution in [0.2, 0.25) is 10.2 Å². The van der Waals surface area contributed by atoms with E-state index in [0.717, 1.165) is 11.1 Å². The van der Waals surface area contributed by atoms with Gasteiger partial charge in [0.15, 0.2) is 11.5 Å². The van der Waals surface area contributed by atoms with Crippen molar-refractivity contribution in [1.29, 1.82) is 0 Å². The van der Waals surface area contributed by atoms with Crippen molar-refractivity contribution in [3.8, 4) is 11.5 Å². The summed E-state index contributed by atoms with van der Waals surface area (Å²) in [6.07, 6.45) is 1.47. The van der Waals surface area contributed by atoms with Crippen LogP contribution in [0.5, 0.6) is 11.5 Å². The molecule has 1 N–H and O–H groups in total. The molecule has 0 unspecified atom stereocenters. The summed E-state index contributed by atoms with van der Waals surface area (Å²) in [5, 5.41) is 7.42. The van der Waals surface area contributed by atoms with E-state index < -0.39 is 0 Å². The highest BCUT2D eigenvalue weighted by Crippen LogP contribution is 2.38. The molecule has 1 aliphatic rings. The Kier molecular flexibility index (Phi) is 5.71. The van der Waals surface area contributed by atoms with Gasteiger partial charge in [0.25, 0.3) is 0 Å². The monoisotopic (exact) mass is 384 g/mol. The molecule has 0 aliphatic carbocycles. The van der Waals surface area contributed by atoms with Crippen molar-refractivity contribution >= 4 is 29.1 Å². The molecule has 0 spiro atoms. The molecule has 1 aromatic carbocycles. The predicted octanol–water partition coefficient (Wildman–Crippen LogP) is 3.35. The van der Waals surface area contributed by atoms with E-state index in [1.807, 2.05) is 12.1 Å². The van der Waals surface area contributed by atoms with E-state index in [1.54, 1.807) is 6.92 Å². The van der Waals surface area contributed by atoms with Gasteiger partial charge in [-0.2, -0.15) is 0 Å². The average Bonchev–Trinajstić information content (AvgIpc) is 2.91. The number of carbonyl (C=O) groups is 1. The standard InChI is InChI=1S/C17H18Cl2N2O4/c1-10-12(17(19)25-21-10)2-3-15(22)20-5-4-11-8-13(18)16-14(9-11)23-6-7-24-16/h8-9H,2-7H2,1H3,(H,20,22). The van der Waals surface area contributed by atoms with E-state index in [1.165, 1.54) is 0 Å². The number of halogens is 2. The number of ether oxygens (including phenoxy) is 2. The van der Waals surface area contributed by atoms with Crippen molar-refractivity contribution < 1.29 is 18.8 Å². The molecule has 0 atom stereocenters. The highest BCUT2D eigenvalue weighted by atomic mass is 35.5. The van der Waals surface area contributed by atoms with Crippen molar-refractivity contribution in [1.82, 2.24) is 10.5 Å². The molecular weight excluding hydrogens is 367 g/mol. The first kappa shape index (κ1) is 17.9. The minimum Gasteiger partial charge on any atom is -0.486 e. The van der Waals surface area contributed by atoms with E-state index in [4.69, 9.17) is 37.2 Å². The summed E-state index contributed by atoms with van der Waals surface area (Å²) in [6.45, 7) is 3.31. The number of nitrogens with zero attached hydrogens (tertiary/aromatic N) is 1. The maximum atomic E-state index is 12.0. The molecule has 1 amide bonds. The zero-order valence-electron chi connectivity index (χ0n) is 13.7. The minimum atomic E-state index is -0.0553. The van der Waals surface area contributed by atoms with Gasteiger partial charge in [-0.15, -0.1) is 0 Å². The van der Waals surface area contributed by atoms with Crippen LogP contribution in [-0.4, -0.2) is 30.8 Å². The van der Waals surface area contributed by atoms with Crippen LogP contribution in [0.15, 0.2) is 16.7 Å². The van der Waals surface area contributed by atoms with Crippen molar-refractivity contribution in [2.45, 2.75) is 26.2 Å². The highest BCUT2D eigenvalue weighted by molar-refractivity contribution is 6.32. The zero-order valence-corrected chi connectivity index (χ0v) is 15.2. The fourth-order valence-electron chi connectivity index (χ4n) is 2.62. The lowest BCUT2D eigenvalue weighted by atomic mass is 10.1. The fraction of sp³-hybridized carbons (Fsp3) is 0.412. The number of hydrogen-bond donors (Lipinski definition) is 1. The Bertz CT molecular complexity index is 757. The van der Waals surface area contributed by atoms with Crippen molar-refractivity contribution in [2.75, 3.05) is 19.8 Å². The number of nitrogens with one attached hydrogen (secondary N) is 1. The molecule has 3 rings (SSSR count). The summed E-state index contributed by atoms with van der Waals surface area (Å²) in [5.41, 5.74) is 2.46. The lowest BCUT2D eigenvalue weighted by Crippen LogP contribution is -2.26. The van der Waals surface area contributed by atoms with Crippen molar-refractivity contribution in [3.63, 3.8) is 0 Å². The van der Waals surface area contributed by atoms with Crippen LogP contribution in [0.3, 0.4) is 0 Å². The van der Waals surface area contributed by atoms with Crippen LogP contribution in [0.1, 0.15) is 23.2 Å². The van der Waals surface area contributed by atoms with Gasteiger partial charge >= 0.3 is 0 Å². The number of aryl methyl sites for hydroxylation is 1. The molecule has 134 valence electrons. The Morgan fingerprint density at radius 3 is 2.80 bits per heavy atom. The molecule has 0 bridgehead atoms. The van der Waals surface area contributed by atoms with Crippen LogP contribution in [0.4, 0.5) is 0 Å². The Morgan fingerprint density at radius 2 is 2.04 bits per heavy atom.